The number of rotatable bonds is 7. The molecule has 12 heteroatoms. The van der Waals surface area contributed by atoms with Crippen molar-refractivity contribution in [3.05, 3.63) is 42.2 Å². The molecule has 0 radical (unpaired) electrons. The van der Waals surface area contributed by atoms with E-state index in [0.717, 1.165) is 25.8 Å². The van der Waals surface area contributed by atoms with E-state index in [2.05, 4.69) is 40.5 Å². The van der Waals surface area contributed by atoms with Crippen LogP contribution < -0.4 is 15.5 Å². The fraction of sp³-hybridized carbons (Fsp3) is 0.391. The molecule has 1 fully saturated rings. The number of anilines is 4. The third-order valence-electron chi connectivity index (χ3n) is 5.25. The summed E-state index contributed by atoms with van der Waals surface area (Å²) >= 11 is 0. The summed E-state index contributed by atoms with van der Waals surface area (Å²) in [5, 5.41) is 5.70. The van der Waals surface area contributed by atoms with E-state index in [4.69, 9.17) is 4.74 Å². The lowest BCUT2D eigenvalue weighted by molar-refractivity contribution is -0.114. The van der Waals surface area contributed by atoms with Gasteiger partial charge in [-0.2, -0.15) is 8.78 Å². The number of pyridine rings is 1. The van der Waals surface area contributed by atoms with E-state index in [0.29, 0.717) is 42.3 Å². The number of hydrogen-bond donors (Lipinski definition) is 2. The molecule has 0 saturated carbocycles. The highest BCUT2D eigenvalue weighted by molar-refractivity contribution is 5.89. The normalized spacial score (nSPS) is 14.0. The van der Waals surface area contributed by atoms with Gasteiger partial charge in [0.05, 0.1) is 37.0 Å². The van der Waals surface area contributed by atoms with Crippen molar-refractivity contribution in [1.29, 1.82) is 0 Å². The van der Waals surface area contributed by atoms with Crippen molar-refractivity contribution in [3.8, 4) is 11.3 Å². The second-order valence-electron chi connectivity index (χ2n) is 8.09. The minimum absolute atomic E-state index is 0.187. The predicted octanol–water partition coefficient (Wildman–Crippen LogP) is 3.54. The molecule has 0 bridgehead atoms. The number of alkyl halides is 2. The van der Waals surface area contributed by atoms with Crippen LogP contribution in [0.5, 0.6) is 0 Å². The first kappa shape index (κ1) is 24.3. The lowest BCUT2D eigenvalue weighted by Gasteiger charge is -2.27. The molecule has 1 aliphatic rings. The van der Waals surface area contributed by atoms with Gasteiger partial charge < -0.3 is 20.3 Å². The molecule has 0 atom stereocenters. The van der Waals surface area contributed by atoms with Crippen LogP contribution >= 0.6 is 0 Å². The van der Waals surface area contributed by atoms with Crippen molar-refractivity contribution in [2.75, 3.05) is 41.8 Å². The number of morpholine rings is 1. The Bertz CT molecular complexity index is 1200. The smallest absolute Gasteiger partial charge is 0.303 e. The molecule has 1 saturated heterocycles. The fourth-order valence-corrected chi connectivity index (χ4v) is 3.50. The van der Waals surface area contributed by atoms with Crippen molar-refractivity contribution in [1.82, 2.24) is 24.9 Å². The van der Waals surface area contributed by atoms with Gasteiger partial charge >= 0.3 is 5.92 Å². The van der Waals surface area contributed by atoms with Gasteiger partial charge in [0.15, 0.2) is 0 Å². The third-order valence-corrected chi connectivity index (χ3v) is 5.25. The maximum absolute atomic E-state index is 14.0. The predicted molar refractivity (Wildman–Crippen MR) is 127 cm³/mol. The molecule has 4 rings (SSSR count). The van der Waals surface area contributed by atoms with Gasteiger partial charge in [-0.1, -0.05) is 6.92 Å². The van der Waals surface area contributed by atoms with E-state index in [1.165, 1.54) is 13.1 Å². The number of ether oxygens (including phenoxy) is 1. The molecule has 1 aliphatic heterocycles. The fourth-order valence-electron chi connectivity index (χ4n) is 3.50. The first-order valence-electron chi connectivity index (χ1n) is 11.2. The lowest BCUT2D eigenvalue weighted by atomic mass is 10.1. The third kappa shape index (κ3) is 6.01. The largest absolute Gasteiger partial charge is 0.378 e. The Kier molecular flexibility index (Phi) is 7.10. The quantitative estimate of drug-likeness (QED) is 0.519. The van der Waals surface area contributed by atoms with Crippen LogP contribution in [0.2, 0.25) is 0 Å². The number of aromatic nitrogens is 5. The van der Waals surface area contributed by atoms with E-state index in [-0.39, 0.29) is 17.5 Å². The Morgan fingerprint density at radius 2 is 1.86 bits per heavy atom. The molecule has 10 nitrogen and oxygen atoms in total. The van der Waals surface area contributed by atoms with Crippen molar-refractivity contribution in [3.63, 3.8) is 0 Å². The number of halogens is 2. The van der Waals surface area contributed by atoms with Gasteiger partial charge in [0.25, 0.3) is 0 Å². The molecule has 0 spiro atoms. The Balaban J connectivity index is 1.71. The van der Waals surface area contributed by atoms with Crippen LogP contribution in [0.15, 0.2) is 30.7 Å². The minimum Gasteiger partial charge on any atom is -0.378 e. The monoisotopic (exact) mass is 484 g/mol. The standard InChI is InChI=1S/C23H26F2N8O2/c1-4-15-9-20(32-22(30-15)23(3,24)25)31-17-10-19(29-14(2)34)27-11-16(17)18-12-28-21(13-26-18)33-5-7-35-8-6-33/h9-13H,4-8H2,1-3H3,(H2,27,29,30,31,32,34). The topological polar surface area (TPSA) is 118 Å². The summed E-state index contributed by atoms with van der Waals surface area (Å²) in [6.07, 6.45) is 5.27. The molecule has 0 aromatic carbocycles. The highest BCUT2D eigenvalue weighted by atomic mass is 19.3. The second-order valence-corrected chi connectivity index (χ2v) is 8.09. The number of nitrogens with zero attached hydrogens (tertiary/aromatic N) is 6. The lowest BCUT2D eigenvalue weighted by Crippen LogP contribution is -2.36. The molecule has 184 valence electrons. The van der Waals surface area contributed by atoms with Crippen molar-refractivity contribution in [2.24, 2.45) is 0 Å². The van der Waals surface area contributed by atoms with Gasteiger partial charge in [-0.3, -0.25) is 9.78 Å². The van der Waals surface area contributed by atoms with Gasteiger partial charge in [-0.05, 0) is 6.42 Å². The van der Waals surface area contributed by atoms with Crippen LogP contribution in [-0.2, 0) is 21.9 Å². The molecule has 0 aliphatic carbocycles. The summed E-state index contributed by atoms with van der Waals surface area (Å²) in [5.74, 6) is -2.88. The Hall–Kier alpha value is -3.80. The van der Waals surface area contributed by atoms with Crippen LogP contribution in [0.3, 0.4) is 0 Å². The van der Waals surface area contributed by atoms with E-state index in [9.17, 15) is 13.6 Å². The van der Waals surface area contributed by atoms with Crippen molar-refractivity contribution < 1.29 is 18.3 Å². The number of carbonyl (C=O) groups is 1. The summed E-state index contributed by atoms with van der Waals surface area (Å²) in [7, 11) is 0. The van der Waals surface area contributed by atoms with Crippen LogP contribution in [0.25, 0.3) is 11.3 Å². The zero-order valence-electron chi connectivity index (χ0n) is 19.7. The average Bonchev–Trinajstić information content (AvgIpc) is 2.84. The Morgan fingerprint density at radius 3 is 2.49 bits per heavy atom. The summed E-state index contributed by atoms with van der Waals surface area (Å²) < 4.78 is 33.4. The Labute approximate surface area is 201 Å². The number of carbonyl (C=O) groups excluding carboxylic acids is 1. The molecule has 1 amide bonds. The number of nitrogens with one attached hydrogen (secondary N) is 2. The summed E-state index contributed by atoms with van der Waals surface area (Å²) in [5.41, 5.74) is 1.99. The molecule has 35 heavy (non-hydrogen) atoms. The molecular formula is C23H26F2N8O2. The van der Waals surface area contributed by atoms with Gasteiger partial charge in [0.2, 0.25) is 11.7 Å². The number of aryl methyl sites for hydroxylation is 1. The van der Waals surface area contributed by atoms with E-state index < -0.39 is 11.7 Å². The van der Waals surface area contributed by atoms with Crippen LogP contribution in [-0.4, -0.2) is 57.1 Å². The van der Waals surface area contributed by atoms with Crippen molar-refractivity contribution >= 4 is 29.0 Å². The van der Waals surface area contributed by atoms with E-state index in [1.807, 2.05) is 6.92 Å². The second kappa shape index (κ2) is 10.2. The molecular weight excluding hydrogens is 458 g/mol. The van der Waals surface area contributed by atoms with Crippen molar-refractivity contribution in [2.45, 2.75) is 33.1 Å². The minimum atomic E-state index is -3.20. The van der Waals surface area contributed by atoms with E-state index in [1.54, 1.807) is 24.5 Å². The zero-order chi connectivity index (χ0) is 25.0. The summed E-state index contributed by atoms with van der Waals surface area (Å²) in [6.45, 7) is 6.66. The molecule has 3 aromatic rings. The SMILES string of the molecule is CCc1cc(Nc2cc(NC(C)=O)ncc2-c2cnc(N3CCOCC3)cn2)nc(C(C)(F)F)n1. The van der Waals surface area contributed by atoms with Crippen LogP contribution in [0.1, 0.15) is 32.3 Å². The zero-order valence-corrected chi connectivity index (χ0v) is 19.7. The Morgan fingerprint density at radius 1 is 1.09 bits per heavy atom. The van der Waals surface area contributed by atoms with E-state index >= 15 is 0 Å². The van der Waals surface area contributed by atoms with Gasteiger partial charge in [-0.25, -0.2) is 19.9 Å². The van der Waals surface area contributed by atoms with Crippen LogP contribution in [0.4, 0.5) is 31.9 Å². The first-order valence-corrected chi connectivity index (χ1v) is 11.2. The maximum Gasteiger partial charge on any atom is 0.303 e. The molecule has 3 aromatic heterocycles. The average molecular weight is 485 g/mol. The summed E-state index contributed by atoms with van der Waals surface area (Å²) in [6, 6.07) is 3.19. The first-order chi connectivity index (χ1) is 16.7. The molecule has 4 heterocycles. The summed E-state index contributed by atoms with van der Waals surface area (Å²) in [4.78, 5) is 34.9. The highest BCUT2D eigenvalue weighted by Gasteiger charge is 2.29. The van der Waals surface area contributed by atoms with Gasteiger partial charge in [-0.15, -0.1) is 0 Å². The van der Waals surface area contributed by atoms with Crippen LogP contribution in [0, 0.1) is 0 Å². The molecule has 0 unspecified atom stereocenters. The van der Waals surface area contributed by atoms with Gasteiger partial charge in [0.1, 0.15) is 17.5 Å². The molecule has 2 N–H and O–H groups in total. The highest BCUT2D eigenvalue weighted by Crippen LogP contribution is 2.32. The number of amides is 1. The van der Waals surface area contributed by atoms with Gasteiger partial charge in [0, 0.05) is 56.5 Å². The number of hydrogen-bond acceptors (Lipinski definition) is 9. The maximum atomic E-state index is 14.0.